The van der Waals surface area contributed by atoms with Crippen LogP contribution in [0, 0.1) is 0 Å². The molecule has 0 N–H and O–H groups in total. The number of nitrogens with zero attached hydrogens (tertiary/aromatic N) is 5. The summed E-state index contributed by atoms with van der Waals surface area (Å²) in [7, 11) is 0. The Balaban J connectivity index is 1.60. The molecule has 1 amide bonds. The van der Waals surface area contributed by atoms with Crippen molar-refractivity contribution in [2.24, 2.45) is 0 Å². The first kappa shape index (κ1) is 16.9. The van der Waals surface area contributed by atoms with Gasteiger partial charge in [0.15, 0.2) is 5.82 Å². The predicted octanol–water partition coefficient (Wildman–Crippen LogP) is 2.96. The number of hydrogen-bond acceptors (Lipinski definition) is 5. The molecule has 0 bridgehead atoms. The lowest BCUT2D eigenvalue weighted by molar-refractivity contribution is -0.129. The van der Waals surface area contributed by atoms with E-state index < -0.39 is 0 Å². The summed E-state index contributed by atoms with van der Waals surface area (Å²) >= 11 is 0. The Bertz CT molecular complexity index is 1030. The van der Waals surface area contributed by atoms with E-state index in [0.29, 0.717) is 18.9 Å². The van der Waals surface area contributed by atoms with Crippen molar-refractivity contribution in [3.8, 4) is 11.5 Å². The second-order valence-corrected chi connectivity index (χ2v) is 7.33. The molecule has 2 aliphatic heterocycles. The first-order valence-electron chi connectivity index (χ1n) is 9.57. The molecule has 6 heteroatoms. The fourth-order valence-electron chi connectivity index (χ4n) is 4.03. The monoisotopic (exact) mass is 371 g/mol. The zero-order chi connectivity index (χ0) is 19.1. The van der Waals surface area contributed by atoms with Gasteiger partial charge in [-0.05, 0) is 29.7 Å². The van der Waals surface area contributed by atoms with Gasteiger partial charge in [-0.15, -0.1) is 0 Å². The Morgan fingerprint density at radius 2 is 1.71 bits per heavy atom. The van der Waals surface area contributed by atoms with Gasteiger partial charge in [-0.2, -0.15) is 0 Å². The fraction of sp³-hybridized carbons (Fsp3) is 0.273. The summed E-state index contributed by atoms with van der Waals surface area (Å²) in [5, 5.41) is 0. The SMILES string of the molecule is CC(=O)N1CCc2c(nc(-c3ccccn3)nc2N2Cc3ccccc3C2)C1. The molecule has 6 nitrogen and oxygen atoms in total. The van der Waals surface area contributed by atoms with Crippen LogP contribution in [-0.4, -0.2) is 32.3 Å². The van der Waals surface area contributed by atoms with E-state index in [1.54, 1.807) is 13.1 Å². The highest BCUT2D eigenvalue weighted by Crippen LogP contribution is 2.34. The molecule has 2 aromatic heterocycles. The molecule has 28 heavy (non-hydrogen) atoms. The summed E-state index contributed by atoms with van der Waals surface area (Å²) in [5.41, 5.74) is 5.53. The van der Waals surface area contributed by atoms with Gasteiger partial charge in [0.05, 0.1) is 12.2 Å². The lowest BCUT2D eigenvalue weighted by atomic mass is 10.0. The van der Waals surface area contributed by atoms with Gasteiger partial charge in [0.1, 0.15) is 11.5 Å². The zero-order valence-electron chi connectivity index (χ0n) is 15.8. The molecule has 0 radical (unpaired) electrons. The third-order valence-electron chi connectivity index (χ3n) is 5.52. The average Bonchev–Trinajstić information content (AvgIpc) is 3.17. The second-order valence-electron chi connectivity index (χ2n) is 7.33. The quantitative estimate of drug-likeness (QED) is 0.693. The van der Waals surface area contributed by atoms with Gasteiger partial charge in [0.25, 0.3) is 0 Å². The minimum atomic E-state index is 0.0822. The van der Waals surface area contributed by atoms with Gasteiger partial charge in [0, 0.05) is 38.3 Å². The van der Waals surface area contributed by atoms with Crippen molar-refractivity contribution in [3.05, 3.63) is 71.0 Å². The Labute approximate surface area is 163 Å². The van der Waals surface area contributed by atoms with Crippen molar-refractivity contribution in [1.29, 1.82) is 0 Å². The van der Waals surface area contributed by atoms with Gasteiger partial charge >= 0.3 is 0 Å². The maximum absolute atomic E-state index is 11.9. The Kier molecular flexibility index (Phi) is 4.04. The number of rotatable bonds is 2. The standard InChI is InChI=1S/C22H21N5O/c1-15(28)26-11-9-18-20(14-26)24-21(19-8-4-5-10-23-19)25-22(18)27-12-16-6-2-3-7-17(16)13-27/h2-8,10H,9,11-14H2,1H3. The van der Waals surface area contributed by atoms with Crippen LogP contribution >= 0.6 is 0 Å². The third-order valence-corrected chi connectivity index (χ3v) is 5.52. The smallest absolute Gasteiger partial charge is 0.219 e. The molecule has 1 aromatic carbocycles. The van der Waals surface area contributed by atoms with Gasteiger partial charge < -0.3 is 9.80 Å². The normalized spacial score (nSPS) is 15.3. The number of carbonyl (C=O) groups excluding carboxylic acids is 1. The first-order chi connectivity index (χ1) is 13.7. The van der Waals surface area contributed by atoms with Crippen LogP contribution in [0.5, 0.6) is 0 Å². The highest BCUT2D eigenvalue weighted by molar-refractivity contribution is 5.74. The maximum Gasteiger partial charge on any atom is 0.219 e. The molecule has 0 spiro atoms. The highest BCUT2D eigenvalue weighted by atomic mass is 16.2. The van der Waals surface area contributed by atoms with E-state index in [1.807, 2.05) is 23.1 Å². The number of aromatic nitrogens is 3. The van der Waals surface area contributed by atoms with Crippen molar-refractivity contribution < 1.29 is 4.79 Å². The van der Waals surface area contributed by atoms with Crippen LogP contribution in [0.25, 0.3) is 11.5 Å². The molecule has 5 rings (SSSR count). The lowest BCUT2D eigenvalue weighted by Crippen LogP contribution is -2.36. The summed E-state index contributed by atoms with van der Waals surface area (Å²) < 4.78 is 0. The summed E-state index contributed by atoms with van der Waals surface area (Å²) in [6, 6.07) is 14.3. The summed E-state index contributed by atoms with van der Waals surface area (Å²) in [6.45, 7) is 4.54. The summed E-state index contributed by atoms with van der Waals surface area (Å²) in [4.78, 5) is 30.3. The summed E-state index contributed by atoms with van der Waals surface area (Å²) in [5.74, 6) is 1.68. The summed E-state index contributed by atoms with van der Waals surface area (Å²) in [6.07, 6.45) is 2.53. The molecule has 0 saturated heterocycles. The molecule has 4 heterocycles. The minimum Gasteiger partial charge on any atom is -0.348 e. The van der Waals surface area contributed by atoms with Crippen molar-refractivity contribution in [2.75, 3.05) is 11.4 Å². The number of benzene rings is 1. The first-order valence-corrected chi connectivity index (χ1v) is 9.57. The Morgan fingerprint density at radius 3 is 2.39 bits per heavy atom. The van der Waals surface area contributed by atoms with Crippen LogP contribution in [0.2, 0.25) is 0 Å². The average molecular weight is 371 g/mol. The molecule has 0 atom stereocenters. The van der Waals surface area contributed by atoms with E-state index in [4.69, 9.17) is 9.97 Å². The molecule has 3 aromatic rings. The van der Waals surface area contributed by atoms with Gasteiger partial charge in [-0.1, -0.05) is 30.3 Å². The molecule has 0 aliphatic carbocycles. The molecule has 0 fully saturated rings. The molecule has 140 valence electrons. The Hall–Kier alpha value is -3.28. The van der Waals surface area contributed by atoms with E-state index in [2.05, 4.69) is 34.1 Å². The number of anilines is 1. The van der Waals surface area contributed by atoms with Crippen LogP contribution in [0.4, 0.5) is 5.82 Å². The number of hydrogen-bond donors (Lipinski definition) is 0. The zero-order valence-corrected chi connectivity index (χ0v) is 15.8. The van der Waals surface area contributed by atoms with Crippen LogP contribution in [0.15, 0.2) is 48.7 Å². The molecule has 2 aliphatic rings. The molecular weight excluding hydrogens is 350 g/mol. The number of fused-ring (bicyclic) bond motifs is 2. The number of carbonyl (C=O) groups is 1. The molecular formula is C22H21N5O. The third kappa shape index (κ3) is 2.91. The number of amides is 1. The topological polar surface area (TPSA) is 62.2 Å². The Morgan fingerprint density at radius 1 is 0.964 bits per heavy atom. The van der Waals surface area contributed by atoms with E-state index >= 15 is 0 Å². The van der Waals surface area contributed by atoms with E-state index in [1.165, 1.54) is 11.1 Å². The van der Waals surface area contributed by atoms with E-state index in [9.17, 15) is 4.79 Å². The highest BCUT2D eigenvalue weighted by Gasteiger charge is 2.29. The predicted molar refractivity (Wildman–Crippen MR) is 106 cm³/mol. The largest absolute Gasteiger partial charge is 0.348 e. The minimum absolute atomic E-state index is 0.0822. The van der Waals surface area contributed by atoms with Crippen molar-refractivity contribution in [1.82, 2.24) is 19.9 Å². The van der Waals surface area contributed by atoms with Crippen molar-refractivity contribution in [2.45, 2.75) is 33.0 Å². The van der Waals surface area contributed by atoms with E-state index in [-0.39, 0.29) is 5.91 Å². The molecule has 0 unspecified atom stereocenters. The maximum atomic E-state index is 11.9. The number of pyridine rings is 1. The van der Waals surface area contributed by atoms with Crippen LogP contribution in [0.1, 0.15) is 29.3 Å². The van der Waals surface area contributed by atoms with Gasteiger partial charge in [0.2, 0.25) is 5.91 Å². The molecule has 0 saturated carbocycles. The second kappa shape index (κ2) is 6.71. The van der Waals surface area contributed by atoms with Crippen molar-refractivity contribution >= 4 is 11.7 Å². The van der Waals surface area contributed by atoms with Crippen molar-refractivity contribution in [3.63, 3.8) is 0 Å². The van der Waals surface area contributed by atoms with Crippen LogP contribution in [0.3, 0.4) is 0 Å². The van der Waals surface area contributed by atoms with E-state index in [0.717, 1.165) is 42.3 Å². The van der Waals surface area contributed by atoms with Gasteiger partial charge in [-0.25, -0.2) is 9.97 Å². The van der Waals surface area contributed by atoms with Crippen LogP contribution < -0.4 is 4.90 Å². The van der Waals surface area contributed by atoms with Crippen LogP contribution in [-0.2, 0) is 30.8 Å². The van der Waals surface area contributed by atoms with Gasteiger partial charge in [-0.3, -0.25) is 9.78 Å². The lowest BCUT2D eigenvalue weighted by Gasteiger charge is -2.30. The fourth-order valence-corrected chi connectivity index (χ4v) is 4.03.